The Hall–Kier alpha value is -1.64. The molecule has 2 nitrogen and oxygen atoms in total. The van der Waals surface area contributed by atoms with E-state index < -0.39 is 0 Å². The van der Waals surface area contributed by atoms with Gasteiger partial charge in [-0.1, -0.05) is 67.1 Å². The molecule has 23 heavy (non-hydrogen) atoms. The van der Waals surface area contributed by atoms with Crippen LogP contribution >= 0.6 is 0 Å². The number of likely N-dealkylation sites (tertiary alicyclic amines) is 1. The van der Waals surface area contributed by atoms with Crippen molar-refractivity contribution in [2.75, 3.05) is 13.1 Å². The largest absolute Gasteiger partial charge is 0.378 e. The number of benzene rings is 2. The Kier molecular flexibility index (Phi) is 5.84. The number of aliphatic hydroxyl groups excluding tert-OH is 1. The van der Waals surface area contributed by atoms with Gasteiger partial charge in [0.2, 0.25) is 0 Å². The van der Waals surface area contributed by atoms with Crippen LogP contribution in [0.3, 0.4) is 0 Å². The summed E-state index contributed by atoms with van der Waals surface area (Å²) in [5, 5.41) is 10.5. The quantitative estimate of drug-likeness (QED) is 0.854. The number of rotatable bonds is 6. The monoisotopic (exact) mass is 309 g/mol. The van der Waals surface area contributed by atoms with E-state index in [9.17, 15) is 5.11 Å². The molecular weight excluding hydrogens is 282 g/mol. The van der Waals surface area contributed by atoms with Crippen molar-refractivity contribution in [3.63, 3.8) is 0 Å². The van der Waals surface area contributed by atoms with Gasteiger partial charge in [-0.05, 0) is 36.8 Å². The second-order valence-electron chi connectivity index (χ2n) is 6.53. The molecular formula is C21H27NO. The average molecular weight is 309 g/mol. The van der Waals surface area contributed by atoms with Gasteiger partial charge < -0.3 is 5.11 Å². The van der Waals surface area contributed by atoms with Crippen molar-refractivity contribution in [1.82, 2.24) is 4.90 Å². The van der Waals surface area contributed by atoms with Gasteiger partial charge in [-0.3, -0.25) is 4.90 Å². The smallest absolute Gasteiger partial charge is 0.107 e. The van der Waals surface area contributed by atoms with E-state index in [1.807, 2.05) is 0 Å². The normalized spacial score (nSPS) is 17.3. The van der Waals surface area contributed by atoms with Crippen LogP contribution in [0.15, 0.2) is 60.7 Å². The predicted octanol–water partition coefficient (Wildman–Crippen LogP) is 4.40. The van der Waals surface area contributed by atoms with Gasteiger partial charge in [0.25, 0.3) is 0 Å². The number of aliphatic hydroxyl groups is 1. The molecule has 2 aromatic carbocycles. The highest BCUT2D eigenvalue weighted by atomic mass is 16.3. The fourth-order valence-electron chi connectivity index (χ4n) is 3.61. The minimum absolute atomic E-state index is 0.301. The van der Waals surface area contributed by atoms with E-state index in [0.29, 0.717) is 5.92 Å². The van der Waals surface area contributed by atoms with Crippen LogP contribution in [0.1, 0.15) is 49.1 Å². The summed E-state index contributed by atoms with van der Waals surface area (Å²) in [6.45, 7) is 2.09. The van der Waals surface area contributed by atoms with Crippen LogP contribution in [0.4, 0.5) is 0 Å². The van der Waals surface area contributed by atoms with Crippen LogP contribution < -0.4 is 0 Å². The van der Waals surface area contributed by atoms with Crippen LogP contribution in [0, 0.1) is 0 Å². The zero-order chi connectivity index (χ0) is 15.9. The van der Waals surface area contributed by atoms with E-state index in [-0.39, 0.29) is 6.23 Å². The zero-order valence-electron chi connectivity index (χ0n) is 13.8. The van der Waals surface area contributed by atoms with Crippen LogP contribution in [-0.4, -0.2) is 29.3 Å². The van der Waals surface area contributed by atoms with E-state index in [1.54, 1.807) is 0 Å². The van der Waals surface area contributed by atoms with Gasteiger partial charge in [-0.25, -0.2) is 0 Å². The molecule has 0 bridgehead atoms. The van der Waals surface area contributed by atoms with Gasteiger partial charge in [0, 0.05) is 19.0 Å². The van der Waals surface area contributed by atoms with Crippen molar-refractivity contribution in [1.29, 1.82) is 0 Å². The highest BCUT2D eigenvalue weighted by molar-refractivity contribution is 5.32. The van der Waals surface area contributed by atoms with Crippen LogP contribution in [-0.2, 0) is 0 Å². The lowest BCUT2D eigenvalue weighted by molar-refractivity contribution is -0.0151. The molecule has 1 N–H and O–H groups in total. The first kappa shape index (κ1) is 16.2. The fourth-order valence-corrected chi connectivity index (χ4v) is 3.61. The van der Waals surface area contributed by atoms with Gasteiger partial charge in [0.15, 0.2) is 0 Å². The molecule has 1 aliphatic heterocycles. The van der Waals surface area contributed by atoms with Crippen LogP contribution in [0.2, 0.25) is 0 Å². The predicted molar refractivity (Wildman–Crippen MR) is 95.4 cm³/mol. The Bertz CT molecular complexity index is 523. The highest BCUT2D eigenvalue weighted by Gasteiger charge is 2.21. The van der Waals surface area contributed by atoms with Crippen molar-refractivity contribution >= 4 is 0 Å². The first-order valence-electron chi connectivity index (χ1n) is 8.86. The summed E-state index contributed by atoms with van der Waals surface area (Å²) >= 11 is 0. The first-order chi connectivity index (χ1) is 11.3. The maximum atomic E-state index is 10.5. The van der Waals surface area contributed by atoms with Gasteiger partial charge in [0.1, 0.15) is 6.23 Å². The summed E-state index contributed by atoms with van der Waals surface area (Å²) in [6.07, 6.45) is 5.25. The third kappa shape index (κ3) is 4.43. The topological polar surface area (TPSA) is 23.5 Å². The number of piperidine rings is 1. The van der Waals surface area contributed by atoms with E-state index in [4.69, 9.17) is 0 Å². The standard InChI is InChI=1S/C21H27NO/c23-21(22-16-8-3-9-17-22)15-14-20(18-10-4-1-5-11-18)19-12-6-2-7-13-19/h1-2,4-7,10-13,20-21,23H,3,8-9,14-17H2. The SMILES string of the molecule is OC(CCC(c1ccccc1)c1ccccc1)N1CCCCC1. The average Bonchev–Trinajstić information content (AvgIpc) is 2.64. The molecule has 122 valence electrons. The lowest BCUT2D eigenvalue weighted by atomic mass is 9.87. The maximum absolute atomic E-state index is 10.5. The van der Waals surface area contributed by atoms with E-state index in [2.05, 4.69) is 65.6 Å². The summed E-state index contributed by atoms with van der Waals surface area (Å²) in [4.78, 5) is 2.25. The van der Waals surface area contributed by atoms with Gasteiger partial charge in [-0.2, -0.15) is 0 Å². The second-order valence-corrected chi connectivity index (χ2v) is 6.53. The fraction of sp³-hybridized carbons (Fsp3) is 0.429. The molecule has 1 saturated heterocycles. The minimum Gasteiger partial charge on any atom is -0.378 e. The number of nitrogens with zero attached hydrogens (tertiary/aromatic N) is 1. The highest BCUT2D eigenvalue weighted by Crippen LogP contribution is 2.30. The summed E-state index contributed by atoms with van der Waals surface area (Å²) in [6, 6.07) is 21.3. The molecule has 0 radical (unpaired) electrons. The Morgan fingerprint density at radius 3 is 1.78 bits per heavy atom. The molecule has 0 aliphatic carbocycles. The molecule has 0 spiro atoms. The van der Waals surface area contributed by atoms with Crippen LogP contribution in [0.25, 0.3) is 0 Å². The lowest BCUT2D eigenvalue weighted by Crippen LogP contribution is -2.39. The molecule has 1 fully saturated rings. The van der Waals surface area contributed by atoms with Crippen LogP contribution in [0.5, 0.6) is 0 Å². The Labute approximate surface area is 139 Å². The molecule has 1 heterocycles. The van der Waals surface area contributed by atoms with Crippen molar-refractivity contribution in [2.45, 2.75) is 44.2 Å². The molecule has 2 heteroatoms. The van der Waals surface area contributed by atoms with Crippen molar-refractivity contribution < 1.29 is 5.11 Å². The Balaban J connectivity index is 1.69. The maximum Gasteiger partial charge on any atom is 0.107 e. The summed E-state index contributed by atoms with van der Waals surface area (Å²) in [5.41, 5.74) is 2.68. The van der Waals surface area contributed by atoms with Crippen molar-refractivity contribution in [2.24, 2.45) is 0 Å². The third-order valence-corrected chi connectivity index (χ3v) is 4.93. The van der Waals surface area contributed by atoms with Crippen molar-refractivity contribution in [3.05, 3.63) is 71.8 Å². The van der Waals surface area contributed by atoms with Crippen molar-refractivity contribution in [3.8, 4) is 0 Å². The number of hydrogen-bond acceptors (Lipinski definition) is 2. The third-order valence-electron chi connectivity index (χ3n) is 4.93. The van der Waals surface area contributed by atoms with Gasteiger partial charge in [0.05, 0.1) is 0 Å². The van der Waals surface area contributed by atoms with E-state index in [0.717, 1.165) is 25.9 Å². The van der Waals surface area contributed by atoms with E-state index >= 15 is 0 Å². The first-order valence-corrected chi connectivity index (χ1v) is 8.86. The molecule has 0 saturated carbocycles. The van der Waals surface area contributed by atoms with Gasteiger partial charge >= 0.3 is 0 Å². The molecule has 2 aromatic rings. The molecule has 1 unspecified atom stereocenters. The molecule has 3 rings (SSSR count). The molecule has 1 atom stereocenters. The molecule has 0 aromatic heterocycles. The summed E-state index contributed by atoms with van der Waals surface area (Å²) in [5.74, 6) is 0.358. The van der Waals surface area contributed by atoms with E-state index in [1.165, 1.54) is 30.4 Å². The minimum atomic E-state index is -0.301. The summed E-state index contributed by atoms with van der Waals surface area (Å²) in [7, 11) is 0. The number of hydrogen-bond donors (Lipinski definition) is 1. The Morgan fingerprint density at radius 2 is 1.26 bits per heavy atom. The lowest BCUT2D eigenvalue weighted by Gasteiger charge is -2.32. The molecule has 1 aliphatic rings. The Morgan fingerprint density at radius 1 is 0.739 bits per heavy atom. The summed E-state index contributed by atoms with van der Waals surface area (Å²) < 4.78 is 0. The second kappa shape index (κ2) is 8.28. The molecule has 0 amide bonds. The zero-order valence-corrected chi connectivity index (χ0v) is 13.8. The van der Waals surface area contributed by atoms with Gasteiger partial charge in [-0.15, -0.1) is 0 Å².